The number of anilines is 1. The van der Waals surface area contributed by atoms with Gasteiger partial charge in [-0.25, -0.2) is 0 Å². The average Bonchev–Trinajstić information content (AvgIpc) is 3.03. The first-order valence-electron chi connectivity index (χ1n) is 7.79. The zero-order valence-corrected chi connectivity index (χ0v) is 13.0. The lowest BCUT2D eigenvalue weighted by Gasteiger charge is -2.09. The van der Waals surface area contributed by atoms with Crippen LogP contribution < -0.4 is 15.8 Å². The fraction of sp³-hybridized carbons (Fsp3) is 0.471. The molecular formula is C17H24N2O3. The van der Waals surface area contributed by atoms with Crippen molar-refractivity contribution in [3.63, 3.8) is 0 Å². The smallest absolute Gasteiger partial charge is 0.244 e. The molecule has 1 unspecified atom stereocenters. The third-order valence-electron chi connectivity index (χ3n) is 3.45. The molecule has 5 nitrogen and oxygen atoms in total. The van der Waals surface area contributed by atoms with Gasteiger partial charge in [-0.1, -0.05) is 13.0 Å². The van der Waals surface area contributed by atoms with Gasteiger partial charge in [0.05, 0.1) is 18.4 Å². The van der Waals surface area contributed by atoms with E-state index in [2.05, 4.69) is 5.32 Å². The van der Waals surface area contributed by atoms with Gasteiger partial charge in [0.15, 0.2) is 0 Å². The zero-order chi connectivity index (χ0) is 15.8. The summed E-state index contributed by atoms with van der Waals surface area (Å²) in [4.78, 5) is 11.8. The molecule has 5 heteroatoms. The monoisotopic (exact) mass is 304 g/mol. The Labute approximate surface area is 131 Å². The zero-order valence-electron chi connectivity index (χ0n) is 13.0. The highest BCUT2D eigenvalue weighted by molar-refractivity contribution is 5.91. The number of amides is 1. The van der Waals surface area contributed by atoms with E-state index < -0.39 is 0 Å². The van der Waals surface area contributed by atoms with Gasteiger partial charge in [-0.05, 0) is 43.0 Å². The Morgan fingerprint density at radius 2 is 2.41 bits per heavy atom. The van der Waals surface area contributed by atoms with Gasteiger partial charge in [0.25, 0.3) is 0 Å². The second-order valence-electron chi connectivity index (χ2n) is 5.36. The summed E-state index contributed by atoms with van der Waals surface area (Å²) < 4.78 is 11.0. The Hall–Kier alpha value is -2.01. The summed E-state index contributed by atoms with van der Waals surface area (Å²) in [6.45, 7) is 4.05. The Balaban J connectivity index is 1.83. The summed E-state index contributed by atoms with van der Waals surface area (Å²) in [5.74, 6) is 0.558. The molecule has 22 heavy (non-hydrogen) atoms. The topological polar surface area (TPSA) is 73.6 Å². The van der Waals surface area contributed by atoms with Crippen LogP contribution in [0.25, 0.3) is 6.08 Å². The molecule has 0 aromatic heterocycles. The van der Waals surface area contributed by atoms with E-state index in [-0.39, 0.29) is 12.0 Å². The van der Waals surface area contributed by atoms with E-state index >= 15 is 0 Å². The Bertz CT molecular complexity index is 523. The minimum Gasteiger partial charge on any atom is -0.491 e. The van der Waals surface area contributed by atoms with Gasteiger partial charge in [0.2, 0.25) is 5.91 Å². The number of ether oxygens (including phenoxy) is 2. The highest BCUT2D eigenvalue weighted by Gasteiger charge is 2.15. The van der Waals surface area contributed by atoms with Crippen LogP contribution in [-0.2, 0) is 9.53 Å². The van der Waals surface area contributed by atoms with Crippen LogP contribution in [0.1, 0.15) is 31.7 Å². The SMILES string of the molecule is CCCOc1ccc(/C=C\C(=O)NCC2CCCO2)cc1N. The van der Waals surface area contributed by atoms with E-state index in [4.69, 9.17) is 15.2 Å². The fourth-order valence-electron chi connectivity index (χ4n) is 2.26. The van der Waals surface area contributed by atoms with Crippen molar-refractivity contribution in [3.05, 3.63) is 29.8 Å². The normalized spacial score (nSPS) is 17.8. The van der Waals surface area contributed by atoms with Gasteiger partial charge < -0.3 is 20.5 Å². The van der Waals surface area contributed by atoms with Crippen LogP contribution in [0.3, 0.4) is 0 Å². The standard InChI is InChI=1S/C17H24N2O3/c1-2-9-22-16-7-5-13(11-15(16)18)6-8-17(20)19-12-14-4-3-10-21-14/h5-8,11,14H,2-4,9-10,12,18H2,1H3,(H,19,20)/b8-6-. The van der Waals surface area contributed by atoms with Gasteiger partial charge in [0, 0.05) is 19.2 Å². The molecule has 1 saturated heterocycles. The molecule has 0 aliphatic carbocycles. The van der Waals surface area contributed by atoms with Crippen LogP contribution in [-0.4, -0.2) is 31.8 Å². The Morgan fingerprint density at radius 1 is 1.55 bits per heavy atom. The fourth-order valence-corrected chi connectivity index (χ4v) is 2.26. The predicted molar refractivity (Wildman–Crippen MR) is 87.7 cm³/mol. The molecule has 1 aliphatic rings. The van der Waals surface area contributed by atoms with E-state index in [1.54, 1.807) is 12.1 Å². The van der Waals surface area contributed by atoms with Crippen LogP contribution in [0.4, 0.5) is 5.69 Å². The molecule has 1 aromatic rings. The van der Waals surface area contributed by atoms with Crippen molar-refractivity contribution in [2.75, 3.05) is 25.5 Å². The Morgan fingerprint density at radius 3 is 3.09 bits per heavy atom. The van der Waals surface area contributed by atoms with Gasteiger partial charge in [-0.15, -0.1) is 0 Å². The van der Waals surface area contributed by atoms with Crippen molar-refractivity contribution in [2.45, 2.75) is 32.3 Å². The number of hydrogen-bond donors (Lipinski definition) is 2. The number of rotatable bonds is 7. The van der Waals surface area contributed by atoms with Crippen LogP contribution in [0.2, 0.25) is 0 Å². The molecule has 1 heterocycles. The van der Waals surface area contributed by atoms with Crippen molar-refractivity contribution < 1.29 is 14.3 Å². The summed E-state index contributed by atoms with van der Waals surface area (Å²) in [5, 5.41) is 2.84. The minimum atomic E-state index is -0.125. The lowest BCUT2D eigenvalue weighted by molar-refractivity contribution is -0.116. The molecule has 1 fully saturated rings. The molecule has 1 atom stereocenters. The lowest BCUT2D eigenvalue weighted by atomic mass is 10.1. The largest absolute Gasteiger partial charge is 0.491 e. The number of carbonyl (C=O) groups is 1. The summed E-state index contributed by atoms with van der Waals surface area (Å²) >= 11 is 0. The average molecular weight is 304 g/mol. The summed E-state index contributed by atoms with van der Waals surface area (Å²) in [7, 11) is 0. The third-order valence-corrected chi connectivity index (χ3v) is 3.45. The summed E-state index contributed by atoms with van der Waals surface area (Å²) in [5.41, 5.74) is 7.38. The number of nitrogen functional groups attached to an aromatic ring is 1. The molecule has 0 spiro atoms. The van der Waals surface area contributed by atoms with Crippen molar-refractivity contribution in [1.29, 1.82) is 0 Å². The van der Waals surface area contributed by atoms with E-state index in [9.17, 15) is 4.79 Å². The van der Waals surface area contributed by atoms with E-state index in [1.165, 1.54) is 6.08 Å². The molecule has 0 radical (unpaired) electrons. The van der Waals surface area contributed by atoms with Gasteiger partial charge in [-0.3, -0.25) is 4.79 Å². The molecular weight excluding hydrogens is 280 g/mol. The number of nitrogens with one attached hydrogen (secondary N) is 1. The molecule has 3 N–H and O–H groups in total. The van der Waals surface area contributed by atoms with Crippen molar-refractivity contribution in [2.24, 2.45) is 0 Å². The van der Waals surface area contributed by atoms with E-state index in [0.29, 0.717) is 24.6 Å². The molecule has 0 saturated carbocycles. The number of benzene rings is 1. The quantitative estimate of drug-likeness (QED) is 0.599. The highest BCUT2D eigenvalue weighted by atomic mass is 16.5. The number of hydrogen-bond acceptors (Lipinski definition) is 4. The molecule has 1 amide bonds. The highest BCUT2D eigenvalue weighted by Crippen LogP contribution is 2.23. The molecule has 120 valence electrons. The molecule has 0 bridgehead atoms. The molecule has 1 aromatic carbocycles. The second-order valence-corrected chi connectivity index (χ2v) is 5.36. The first-order valence-corrected chi connectivity index (χ1v) is 7.79. The second kappa shape index (κ2) is 8.44. The maximum Gasteiger partial charge on any atom is 0.244 e. The first-order chi connectivity index (χ1) is 10.7. The van der Waals surface area contributed by atoms with Gasteiger partial charge in [0.1, 0.15) is 5.75 Å². The summed E-state index contributed by atoms with van der Waals surface area (Å²) in [6.07, 6.45) is 6.43. The van der Waals surface area contributed by atoms with Crippen LogP contribution >= 0.6 is 0 Å². The lowest BCUT2D eigenvalue weighted by Crippen LogP contribution is -2.30. The van der Waals surface area contributed by atoms with Gasteiger partial charge >= 0.3 is 0 Å². The van der Waals surface area contributed by atoms with E-state index in [1.807, 2.05) is 19.1 Å². The van der Waals surface area contributed by atoms with Crippen LogP contribution in [0.5, 0.6) is 5.75 Å². The predicted octanol–water partition coefficient (Wildman–Crippen LogP) is 2.37. The molecule has 1 aliphatic heterocycles. The number of carbonyl (C=O) groups excluding carboxylic acids is 1. The summed E-state index contributed by atoms with van der Waals surface area (Å²) in [6, 6.07) is 5.51. The van der Waals surface area contributed by atoms with Crippen molar-refractivity contribution in [1.82, 2.24) is 5.32 Å². The molecule has 2 rings (SSSR count). The first kappa shape index (κ1) is 16.4. The minimum absolute atomic E-state index is 0.125. The van der Waals surface area contributed by atoms with Gasteiger partial charge in [-0.2, -0.15) is 0 Å². The number of nitrogens with two attached hydrogens (primary N) is 1. The van der Waals surface area contributed by atoms with Crippen LogP contribution in [0.15, 0.2) is 24.3 Å². The maximum atomic E-state index is 11.8. The van der Waals surface area contributed by atoms with Crippen molar-refractivity contribution in [3.8, 4) is 5.75 Å². The van der Waals surface area contributed by atoms with Crippen molar-refractivity contribution >= 4 is 17.7 Å². The van der Waals surface area contributed by atoms with Crippen LogP contribution in [0, 0.1) is 0 Å². The Kier molecular flexibility index (Phi) is 6.27. The third kappa shape index (κ3) is 5.07. The van der Waals surface area contributed by atoms with E-state index in [0.717, 1.165) is 31.4 Å². The maximum absolute atomic E-state index is 11.8.